The molecule has 0 saturated carbocycles. The first kappa shape index (κ1) is 17.2. The number of pyridine rings is 1. The lowest BCUT2D eigenvalue weighted by atomic mass is 9.71. The van der Waals surface area contributed by atoms with Crippen molar-refractivity contribution in [1.29, 1.82) is 0 Å². The Morgan fingerprint density at radius 3 is 2.81 bits per heavy atom. The molecule has 1 spiro atoms. The number of likely N-dealkylation sites (tertiary alicyclic amines) is 1. The molecule has 0 unspecified atom stereocenters. The highest BCUT2D eigenvalue weighted by Crippen LogP contribution is 2.45. The number of rotatable bonds is 3. The van der Waals surface area contributed by atoms with Crippen molar-refractivity contribution in [2.45, 2.75) is 12.8 Å². The summed E-state index contributed by atoms with van der Waals surface area (Å²) in [5.41, 5.74) is 0.472. The van der Waals surface area contributed by atoms with E-state index in [2.05, 4.69) is 10.3 Å². The number of carbonyl (C=O) groups is 2. The number of anilines is 1. The molecule has 6 nitrogen and oxygen atoms in total. The highest BCUT2D eigenvalue weighted by atomic mass is 32.1. The van der Waals surface area contributed by atoms with Gasteiger partial charge in [0.15, 0.2) is 0 Å². The SMILES string of the molecule is O=C(Nc1cccnc1)[C@@H]1CN(C(=O)c2cccs2)CC12CCOCC2. The Bertz CT molecular complexity index is 773. The monoisotopic (exact) mass is 371 g/mol. The van der Waals surface area contributed by atoms with Gasteiger partial charge in [-0.05, 0) is 36.4 Å². The molecule has 2 aromatic heterocycles. The second-order valence-electron chi connectivity index (χ2n) is 6.92. The summed E-state index contributed by atoms with van der Waals surface area (Å²) in [6, 6.07) is 7.34. The lowest BCUT2D eigenvalue weighted by Crippen LogP contribution is -2.42. The van der Waals surface area contributed by atoms with Crippen LogP contribution in [0.15, 0.2) is 42.0 Å². The largest absolute Gasteiger partial charge is 0.381 e. The number of carbonyl (C=O) groups excluding carboxylic acids is 2. The molecule has 1 N–H and O–H groups in total. The zero-order chi connectivity index (χ0) is 18.0. The third-order valence-corrected chi connectivity index (χ3v) is 6.26. The summed E-state index contributed by atoms with van der Waals surface area (Å²) in [5, 5.41) is 4.87. The second kappa shape index (κ2) is 7.17. The molecule has 4 rings (SSSR count). The maximum absolute atomic E-state index is 13.0. The molecular formula is C19H21N3O3S. The summed E-state index contributed by atoms with van der Waals surface area (Å²) < 4.78 is 5.53. The standard InChI is InChI=1S/C19H21N3O3S/c23-17(21-14-3-1-7-20-11-14)15-12-22(18(24)16-4-2-10-26-16)13-19(15)5-8-25-9-6-19/h1-4,7,10-11,15H,5-6,8-9,12-13H2,(H,21,23)/t15-/m0/s1. The Morgan fingerprint density at radius 1 is 1.27 bits per heavy atom. The fraction of sp³-hybridized carbons (Fsp3) is 0.421. The molecule has 2 fully saturated rings. The molecular weight excluding hydrogens is 350 g/mol. The number of hydrogen-bond donors (Lipinski definition) is 1. The summed E-state index contributed by atoms with van der Waals surface area (Å²) in [7, 11) is 0. The van der Waals surface area contributed by atoms with E-state index in [1.54, 1.807) is 18.5 Å². The van der Waals surface area contributed by atoms with Crippen LogP contribution in [0.1, 0.15) is 22.5 Å². The predicted octanol–water partition coefficient (Wildman–Crippen LogP) is 2.65. The van der Waals surface area contributed by atoms with E-state index in [9.17, 15) is 9.59 Å². The van der Waals surface area contributed by atoms with E-state index in [1.165, 1.54) is 11.3 Å². The quantitative estimate of drug-likeness (QED) is 0.900. The summed E-state index contributed by atoms with van der Waals surface area (Å²) in [6.45, 7) is 2.33. The van der Waals surface area contributed by atoms with Gasteiger partial charge in [-0.1, -0.05) is 6.07 Å². The molecule has 2 aliphatic rings. The van der Waals surface area contributed by atoms with Crippen molar-refractivity contribution in [3.8, 4) is 0 Å². The van der Waals surface area contributed by atoms with E-state index in [1.807, 2.05) is 28.5 Å². The van der Waals surface area contributed by atoms with Crippen LogP contribution in [0.2, 0.25) is 0 Å². The van der Waals surface area contributed by atoms with Gasteiger partial charge in [0.25, 0.3) is 5.91 Å². The number of amides is 2. The van der Waals surface area contributed by atoms with Crippen LogP contribution >= 0.6 is 11.3 Å². The minimum atomic E-state index is -0.240. The molecule has 0 radical (unpaired) electrons. The summed E-state index contributed by atoms with van der Waals surface area (Å²) in [4.78, 5) is 32.5. The lowest BCUT2D eigenvalue weighted by molar-refractivity contribution is -0.124. The van der Waals surface area contributed by atoms with E-state index in [-0.39, 0.29) is 23.1 Å². The predicted molar refractivity (Wildman–Crippen MR) is 99.1 cm³/mol. The number of nitrogens with one attached hydrogen (secondary N) is 1. The van der Waals surface area contributed by atoms with Crippen LogP contribution in [-0.4, -0.2) is 48.0 Å². The van der Waals surface area contributed by atoms with Crippen LogP contribution in [0.5, 0.6) is 0 Å². The molecule has 0 aromatic carbocycles. The van der Waals surface area contributed by atoms with Crippen LogP contribution in [-0.2, 0) is 9.53 Å². The normalized spacial score (nSPS) is 21.7. The maximum atomic E-state index is 13.0. The van der Waals surface area contributed by atoms with E-state index >= 15 is 0 Å². The van der Waals surface area contributed by atoms with Gasteiger partial charge in [-0.25, -0.2) is 0 Å². The second-order valence-corrected chi connectivity index (χ2v) is 7.87. The zero-order valence-electron chi connectivity index (χ0n) is 14.4. The maximum Gasteiger partial charge on any atom is 0.263 e. The molecule has 26 heavy (non-hydrogen) atoms. The van der Waals surface area contributed by atoms with Gasteiger partial charge in [0, 0.05) is 37.9 Å². The van der Waals surface area contributed by atoms with Gasteiger partial charge in [0.05, 0.1) is 22.7 Å². The van der Waals surface area contributed by atoms with Crippen molar-refractivity contribution >= 4 is 28.8 Å². The molecule has 1 atom stereocenters. The number of ether oxygens (including phenoxy) is 1. The molecule has 136 valence electrons. The number of hydrogen-bond acceptors (Lipinski definition) is 5. The van der Waals surface area contributed by atoms with E-state index in [4.69, 9.17) is 4.74 Å². The van der Waals surface area contributed by atoms with Crippen LogP contribution in [0.3, 0.4) is 0 Å². The molecule has 7 heteroatoms. The van der Waals surface area contributed by atoms with Gasteiger partial charge in [-0.15, -0.1) is 11.3 Å². The number of aromatic nitrogens is 1. The Hall–Kier alpha value is -2.25. The Labute approximate surface area is 156 Å². The van der Waals surface area contributed by atoms with Gasteiger partial charge in [0.1, 0.15) is 0 Å². The molecule has 4 heterocycles. The zero-order valence-corrected chi connectivity index (χ0v) is 15.2. The fourth-order valence-electron chi connectivity index (χ4n) is 3.99. The van der Waals surface area contributed by atoms with Gasteiger partial charge >= 0.3 is 0 Å². The topological polar surface area (TPSA) is 71.5 Å². The minimum Gasteiger partial charge on any atom is -0.381 e. The Morgan fingerprint density at radius 2 is 2.12 bits per heavy atom. The molecule has 0 aliphatic carbocycles. The van der Waals surface area contributed by atoms with Crippen molar-refractivity contribution in [1.82, 2.24) is 9.88 Å². The minimum absolute atomic E-state index is 0.0162. The highest BCUT2D eigenvalue weighted by molar-refractivity contribution is 7.12. The van der Waals surface area contributed by atoms with Crippen molar-refractivity contribution in [3.05, 3.63) is 46.9 Å². The van der Waals surface area contributed by atoms with E-state index in [0.717, 1.165) is 17.7 Å². The molecule has 2 aromatic rings. The van der Waals surface area contributed by atoms with Crippen molar-refractivity contribution in [3.63, 3.8) is 0 Å². The Balaban J connectivity index is 1.56. The van der Waals surface area contributed by atoms with Crippen molar-refractivity contribution in [2.75, 3.05) is 31.6 Å². The van der Waals surface area contributed by atoms with Crippen LogP contribution in [0.25, 0.3) is 0 Å². The lowest BCUT2D eigenvalue weighted by Gasteiger charge is -2.37. The number of nitrogens with zero attached hydrogens (tertiary/aromatic N) is 2. The first-order chi connectivity index (χ1) is 12.7. The van der Waals surface area contributed by atoms with Gasteiger partial charge < -0.3 is 15.0 Å². The molecule has 0 bridgehead atoms. The molecule has 2 saturated heterocycles. The number of thiophene rings is 1. The third kappa shape index (κ3) is 3.24. The summed E-state index contributed by atoms with van der Waals surface area (Å²) >= 11 is 1.44. The van der Waals surface area contributed by atoms with Crippen LogP contribution < -0.4 is 5.32 Å². The van der Waals surface area contributed by atoms with Crippen LogP contribution in [0, 0.1) is 11.3 Å². The smallest absolute Gasteiger partial charge is 0.263 e. The van der Waals surface area contributed by atoms with E-state index in [0.29, 0.717) is 32.0 Å². The van der Waals surface area contributed by atoms with Gasteiger partial charge in [0.2, 0.25) is 5.91 Å². The van der Waals surface area contributed by atoms with Gasteiger partial charge in [-0.2, -0.15) is 0 Å². The van der Waals surface area contributed by atoms with Crippen molar-refractivity contribution < 1.29 is 14.3 Å². The molecule has 2 aliphatic heterocycles. The Kier molecular flexibility index (Phi) is 4.74. The highest BCUT2D eigenvalue weighted by Gasteiger charge is 2.51. The average molecular weight is 371 g/mol. The van der Waals surface area contributed by atoms with E-state index < -0.39 is 0 Å². The van der Waals surface area contributed by atoms with Crippen LogP contribution in [0.4, 0.5) is 5.69 Å². The summed E-state index contributed by atoms with van der Waals surface area (Å²) in [5.74, 6) is -0.264. The first-order valence-corrected chi connectivity index (χ1v) is 9.67. The fourth-order valence-corrected chi connectivity index (χ4v) is 4.68. The third-order valence-electron chi connectivity index (χ3n) is 5.40. The first-order valence-electron chi connectivity index (χ1n) is 8.79. The van der Waals surface area contributed by atoms with Crippen molar-refractivity contribution in [2.24, 2.45) is 11.3 Å². The van der Waals surface area contributed by atoms with Gasteiger partial charge in [-0.3, -0.25) is 14.6 Å². The molecule has 2 amide bonds. The average Bonchev–Trinajstić information content (AvgIpc) is 3.31. The summed E-state index contributed by atoms with van der Waals surface area (Å²) in [6.07, 6.45) is 4.91.